The molecule has 0 amide bonds. The fourth-order valence-electron chi connectivity index (χ4n) is 3.14. The molecule has 1 N–H and O–H groups in total. The van der Waals surface area contributed by atoms with Crippen molar-refractivity contribution in [3.63, 3.8) is 0 Å². The van der Waals surface area contributed by atoms with Crippen molar-refractivity contribution in [2.45, 2.75) is 38.8 Å². The molecule has 3 nitrogen and oxygen atoms in total. The lowest BCUT2D eigenvalue weighted by molar-refractivity contribution is 0.233. The lowest BCUT2D eigenvalue weighted by Gasteiger charge is -2.27. The molecule has 2 aliphatic rings. The third-order valence-electron chi connectivity index (χ3n) is 4.10. The van der Waals surface area contributed by atoms with Gasteiger partial charge in [0.1, 0.15) is 12.4 Å². The predicted molar refractivity (Wildman–Crippen MR) is 74.1 cm³/mol. The monoisotopic (exact) mass is 246 g/mol. The molecule has 0 spiro atoms. The summed E-state index contributed by atoms with van der Waals surface area (Å²) < 4.78 is 5.84. The molecule has 3 heteroatoms. The van der Waals surface area contributed by atoms with Crippen LogP contribution in [0.3, 0.4) is 0 Å². The molecule has 0 saturated carbocycles. The summed E-state index contributed by atoms with van der Waals surface area (Å²) in [5.74, 6) is 1.07. The van der Waals surface area contributed by atoms with Crippen molar-refractivity contribution in [2.24, 2.45) is 0 Å². The number of likely N-dealkylation sites (tertiary alicyclic amines) is 1. The van der Waals surface area contributed by atoms with Crippen molar-refractivity contribution in [3.05, 3.63) is 23.8 Å². The normalized spacial score (nSPS) is 23.3. The molecule has 2 aliphatic heterocycles. The summed E-state index contributed by atoms with van der Waals surface area (Å²) in [5.41, 5.74) is 2.49. The summed E-state index contributed by atoms with van der Waals surface area (Å²) >= 11 is 0. The van der Waals surface area contributed by atoms with Crippen molar-refractivity contribution in [1.29, 1.82) is 0 Å². The number of ether oxygens (including phenoxy) is 1. The Balaban J connectivity index is 1.80. The number of fused-ring (bicyclic) bond motifs is 1. The minimum atomic E-state index is 0.761. The maximum Gasteiger partial charge on any atom is 0.146 e. The van der Waals surface area contributed by atoms with Crippen molar-refractivity contribution in [3.8, 4) is 5.75 Å². The summed E-state index contributed by atoms with van der Waals surface area (Å²) in [6.07, 6.45) is 3.95. The van der Waals surface area contributed by atoms with Crippen LogP contribution in [0.4, 0.5) is 5.69 Å². The third-order valence-corrected chi connectivity index (χ3v) is 4.10. The highest BCUT2D eigenvalue weighted by molar-refractivity contribution is 5.61. The fraction of sp³-hybridized carbons (Fsp3) is 0.600. The van der Waals surface area contributed by atoms with E-state index in [1.807, 2.05) is 0 Å². The van der Waals surface area contributed by atoms with Gasteiger partial charge in [-0.05, 0) is 31.9 Å². The Morgan fingerprint density at radius 3 is 3.28 bits per heavy atom. The van der Waals surface area contributed by atoms with E-state index in [1.54, 1.807) is 0 Å². The molecular weight excluding hydrogens is 224 g/mol. The number of para-hydroxylation sites is 1. The molecule has 3 rings (SSSR count). The van der Waals surface area contributed by atoms with Crippen molar-refractivity contribution in [1.82, 2.24) is 4.90 Å². The third kappa shape index (κ3) is 2.19. The van der Waals surface area contributed by atoms with Gasteiger partial charge >= 0.3 is 0 Å². The van der Waals surface area contributed by atoms with E-state index in [4.69, 9.17) is 4.74 Å². The maximum atomic E-state index is 5.84. The van der Waals surface area contributed by atoms with Gasteiger partial charge in [0.2, 0.25) is 0 Å². The van der Waals surface area contributed by atoms with E-state index in [-0.39, 0.29) is 0 Å². The predicted octanol–water partition coefficient (Wildman–Crippen LogP) is 2.87. The number of hydrogen-bond acceptors (Lipinski definition) is 3. The van der Waals surface area contributed by atoms with Crippen LogP contribution in [0.2, 0.25) is 0 Å². The Bertz CT molecular complexity index is 419. The van der Waals surface area contributed by atoms with E-state index in [0.717, 1.165) is 37.2 Å². The van der Waals surface area contributed by atoms with Crippen molar-refractivity contribution >= 4 is 5.69 Å². The molecule has 1 aromatic rings. The number of benzene rings is 1. The van der Waals surface area contributed by atoms with Gasteiger partial charge in [0.15, 0.2) is 0 Å². The van der Waals surface area contributed by atoms with E-state index in [2.05, 4.69) is 35.3 Å². The summed E-state index contributed by atoms with van der Waals surface area (Å²) in [6.45, 7) is 6.25. The highest BCUT2D eigenvalue weighted by Gasteiger charge is 2.24. The highest BCUT2D eigenvalue weighted by Crippen LogP contribution is 2.33. The van der Waals surface area contributed by atoms with Gasteiger partial charge in [-0.3, -0.25) is 4.90 Å². The minimum Gasteiger partial charge on any atom is -0.489 e. The topological polar surface area (TPSA) is 24.5 Å². The molecule has 98 valence electrons. The minimum absolute atomic E-state index is 0.761. The fourth-order valence-corrected chi connectivity index (χ4v) is 3.14. The Morgan fingerprint density at radius 2 is 2.39 bits per heavy atom. The van der Waals surface area contributed by atoms with E-state index < -0.39 is 0 Å². The van der Waals surface area contributed by atoms with Crippen LogP contribution in [-0.4, -0.2) is 30.6 Å². The molecule has 1 fully saturated rings. The van der Waals surface area contributed by atoms with Gasteiger partial charge in [0.05, 0.1) is 5.69 Å². The molecule has 0 radical (unpaired) electrons. The number of hydrogen-bond donors (Lipinski definition) is 1. The summed E-state index contributed by atoms with van der Waals surface area (Å²) in [4.78, 5) is 2.60. The van der Waals surface area contributed by atoms with Gasteiger partial charge in [0, 0.05) is 24.7 Å². The highest BCUT2D eigenvalue weighted by atomic mass is 16.5. The van der Waals surface area contributed by atoms with E-state index in [0.29, 0.717) is 0 Å². The van der Waals surface area contributed by atoms with E-state index in [1.165, 1.54) is 31.4 Å². The Hall–Kier alpha value is -1.22. The molecule has 2 heterocycles. The molecule has 1 unspecified atom stereocenters. The van der Waals surface area contributed by atoms with Crippen molar-refractivity contribution < 1.29 is 4.74 Å². The van der Waals surface area contributed by atoms with Crippen LogP contribution in [-0.2, 0) is 6.54 Å². The second-order valence-corrected chi connectivity index (χ2v) is 5.24. The van der Waals surface area contributed by atoms with Gasteiger partial charge in [-0.15, -0.1) is 0 Å². The first-order valence-electron chi connectivity index (χ1n) is 7.11. The summed E-state index contributed by atoms with van der Waals surface area (Å²) in [5, 5.41) is 3.41. The quantitative estimate of drug-likeness (QED) is 0.887. The average molecular weight is 246 g/mol. The second kappa shape index (κ2) is 5.19. The number of nitrogens with zero attached hydrogens (tertiary/aromatic N) is 1. The molecule has 0 aliphatic carbocycles. The van der Waals surface area contributed by atoms with Gasteiger partial charge in [-0.25, -0.2) is 0 Å². The van der Waals surface area contributed by atoms with E-state index in [9.17, 15) is 0 Å². The molecule has 1 atom stereocenters. The first-order chi connectivity index (χ1) is 8.88. The van der Waals surface area contributed by atoms with Crippen LogP contribution in [0.15, 0.2) is 18.2 Å². The van der Waals surface area contributed by atoms with Crippen LogP contribution in [0, 0.1) is 0 Å². The molecule has 18 heavy (non-hydrogen) atoms. The van der Waals surface area contributed by atoms with Crippen LogP contribution in [0.5, 0.6) is 5.75 Å². The number of nitrogens with one attached hydrogen (secondary N) is 1. The molecule has 1 aromatic carbocycles. The number of anilines is 1. The molecule has 1 saturated heterocycles. The van der Waals surface area contributed by atoms with Crippen LogP contribution < -0.4 is 10.1 Å². The van der Waals surface area contributed by atoms with Crippen molar-refractivity contribution in [2.75, 3.05) is 25.0 Å². The SMILES string of the molecule is CCC1CCCN1Cc1cccc2c1OCCN2. The van der Waals surface area contributed by atoms with Gasteiger partial charge in [0.25, 0.3) is 0 Å². The number of rotatable bonds is 3. The first-order valence-corrected chi connectivity index (χ1v) is 7.11. The first kappa shape index (κ1) is 11.8. The zero-order valence-corrected chi connectivity index (χ0v) is 11.1. The van der Waals surface area contributed by atoms with E-state index >= 15 is 0 Å². The van der Waals surface area contributed by atoms with Crippen LogP contribution in [0.1, 0.15) is 31.7 Å². The smallest absolute Gasteiger partial charge is 0.146 e. The Morgan fingerprint density at radius 1 is 1.44 bits per heavy atom. The standard InChI is InChI=1S/C15H22N2O/c1-2-13-6-4-9-17(13)11-12-5-3-7-14-15(12)18-10-8-16-14/h3,5,7,13,16H,2,4,6,8-11H2,1H3. The second-order valence-electron chi connectivity index (χ2n) is 5.24. The molecule has 0 aromatic heterocycles. The molecule has 0 bridgehead atoms. The lowest BCUT2D eigenvalue weighted by Crippen LogP contribution is -2.29. The summed E-state index contributed by atoms with van der Waals surface area (Å²) in [6, 6.07) is 7.21. The molecular formula is C15H22N2O. The lowest BCUT2D eigenvalue weighted by atomic mass is 10.1. The van der Waals surface area contributed by atoms with Crippen LogP contribution in [0.25, 0.3) is 0 Å². The summed E-state index contributed by atoms with van der Waals surface area (Å²) in [7, 11) is 0. The average Bonchev–Trinajstić information content (AvgIpc) is 2.86. The largest absolute Gasteiger partial charge is 0.489 e. The Kier molecular flexibility index (Phi) is 3.41. The van der Waals surface area contributed by atoms with Gasteiger partial charge < -0.3 is 10.1 Å². The van der Waals surface area contributed by atoms with Crippen LogP contribution >= 0.6 is 0 Å². The van der Waals surface area contributed by atoms with Gasteiger partial charge in [-0.2, -0.15) is 0 Å². The maximum absolute atomic E-state index is 5.84. The zero-order valence-electron chi connectivity index (χ0n) is 11.1. The zero-order chi connectivity index (χ0) is 12.4. The Labute approximate surface area is 109 Å². The van der Waals surface area contributed by atoms with Gasteiger partial charge in [-0.1, -0.05) is 19.1 Å².